The molecule has 0 saturated carbocycles. The topological polar surface area (TPSA) is 21.8 Å². The van der Waals surface area contributed by atoms with Crippen molar-refractivity contribution >= 4 is 0 Å². The van der Waals surface area contributed by atoms with E-state index in [4.69, 9.17) is 9.47 Å². The number of benzene rings is 1. The third kappa shape index (κ3) is 1.28. The molecule has 1 heterocycles. The lowest BCUT2D eigenvalue weighted by molar-refractivity contribution is 0.381. The van der Waals surface area contributed by atoms with Gasteiger partial charge in [0.2, 0.25) is 0 Å². The highest BCUT2D eigenvalue weighted by Gasteiger charge is 2.28. The van der Waals surface area contributed by atoms with Gasteiger partial charge in [-0.15, -0.1) is 0 Å². The van der Waals surface area contributed by atoms with Crippen molar-refractivity contribution < 1.29 is 13.9 Å². The third-order valence-electron chi connectivity index (χ3n) is 1.87. The monoisotopic (exact) mass is 168 g/mol. The first-order chi connectivity index (χ1) is 5.81. The molecule has 1 fully saturated rings. The maximum Gasteiger partial charge on any atom is 0.124 e. The largest absolute Gasteiger partial charge is 0.496 e. The lowest BCUT2D eigenvalue weighted by Gasteiger charge is -2.04. The zero-order chi connectivity index (χ0) is 8.55. The Morgan fingerprint density at radius 1 is 1.58 bits per heavy atom. The van der Waals surface area contributed by atoms with Crippen molar-refractivity contribution in [2.75, 3.05) is 13.7 Å². The minimum Gasteiger partial charge on any atom is -0.496 e. The summed E-state index contributed by atoms with van der Waals surface area (Å²) < 4.78 is 22.9. The van der Waals surface area contributed by atoms with Crippen molar-refractivity contribution in [3.05, 3.63) is 29.6 Å². The molecule has 1 aromatic carbocycles. The van der Waals surface area contributed by atoms with Gasteiger partial charge in [-0.2, -0.15) is 0 Å². The molecule has 1 aliphatic rings. The molecule has 12 heavy (non-hydrogen) atoms. The molecule has 0 unspecified atom stereocenters. The van der Waals surface area contributed by atoms with Gasteiger partial charge < -0.3 is 9.47 Å². The molecule has 0 N–H and O–H groups in total. The van der Waals surface area contributed by atoms with Crippen LogP contribution in [0.3, 0.4) is 0 Å². The van der Waals surface area contributed by atoms with E-state index in [1.54, 1.807) is 13.2 Å². The van der Waals surface area contributed by atoms with Crippen LogP contribution in [0.2, 0.25) is 0 Å². The summed E-state index contributed by atoms with van der Waals surface area (Å²) in [6.07, 6.45) is 0.0376. The number of methoxy groups -OCH3 is 1. The first kappa shape index (κ1) is 7.55. The molecule has 2 rings (SSSR count). The highest BCUT2D eigenvalue weighted by atomic mass is 19.1. The van der Waals surface area contributed by atoms with Crippen molar-refractivity contribution in [3.8, 4) is 5.75 Å². The Morgan fingerprint density at radius 2 is 2.33 bits per heavy atom. The SMILES string of the molecule is COc1ccc(F)cc1[C@@H]1CO1. The molecule has 1 aromatic rings. The molecule has 0 spiro atoms. The van der Waals surface area contributed by atoms with Crippen LogP contribution in [0.5, 0.6) is 5.75 Å². The summed E-state index contributed by atoms with van der Waals surface area (Å²) in [5, 5.41) is 0. The molecule has 1 saturated heterocycles. The molecule has 3 heteroatoms. The lowest BCUT2D eigenvalue weighted by atomic mass is 10.1. The van der Waals surface area contributed by atoms with E-state index >= 15 is 0 Å². The summed E-state index contributed by atoms with van der Waals surface area (Å²) in [4.78, 5) is 0. The number of hydrogen-bond acceptors (Lipinski definition) is 2. The van der Waals surface area contributed by atoms with Gasteiger partial charge in [0.05, 0.1) is 13.7 Å². The Morgan fingerprint density at radius 3 is 2.92 bits per heavy atom. The van der Waals surface area contributed by atoms with Crippen LogP contribution in [0.1, 0.15) is 11.7 Å². The quantitative estimate of drug-likeness (QED) is 0.629. The molecule has 0 aromatic heterocycles. The van der Waals surface area contributed by atoms with Gasteiger partial charge in [0.25, 0.3) is 0 Å². The van der Waals surface area contributed by atoms with Crippen LogP contribution >= 0.6 is 0 Å². The Hall–Kier alpha value is -1.09. The summed E-state index contributed by atoms with van der Waals surface area (Å²) in [5.74, 6) is 0.445. The number of rotatable bonds is 2. The van der Waals surface area contributed by atoms with Gasteiger partial charge in [-0.3, -0.25) is 0 Å². The van der Waals surface area contributed by atoms with Crippen LogP contribution in [0, 0.1) is 5.82 Å². The summed E-state index contributed by atoms with van der Waals surface area (Å²) >= 11 is 0. The van der Waals surface area contributed by atoms with E-state index in [2.05, 4.69) is 0 Å². The molecule has 0 amide bonds. The van der Waals surface area contributed by atoms with E-state index in [0.29, 0.717) is 12.4 Å². The minimum atomic E-state index is -0.249. The maximum absolute atomic E-state index is 12.8. The standard InChI is InChI=1S/C9H9FO2/c1-11-8-3-2-6(10)4-7(8)9-5-12-9/h2-4,9H,5H2,1H3/t9-/m0/s1. The Kier molecular flexibility index (Phi) is 1.73. The van der Waals surface area contributed by atoms with Crippen molar-refractivity contribution in [3.63, 3.8) is 0 Å². The van der Waals surface area contributed by atoms with Gasteiger partial charge in [-0.25, -0.2) is 4.39 Å². The first-order valence-electron chi connectivity index (χ1n) is 3.76. The van der Waals surface area contributed by atoms with Crippen molar-refractivity contribution in [2.24, 2.45) is 0 Å². The second-order valence-corrected chi connectivity index (χ2v) is 2.71. The summed E-state index contributed by atoms with van der Waals surface area (Å²) in [5.41, 5.74) is 0.803. The minimum absolute atomic E-state index is 0.0376. The molecule has 1 atom stereocenters. The molecule has 64 valence electrons. The average Bonchev–Trinajstić information content (AvgIpc) is 2.87. The van der Waals surface area contributed by atoms with Crippen LogP contribution in [-0.2, 0) is 4.74 Å². The number of epoxide rings is 1. The Bertz CT molecular complexity index is 295. The fraction of sp³-hybridized carbons (Fsp3) is 0.333. The smallest absolute Gasteiger partial charge is 0.124 e. The normalized spacial score (nSPS) is 20.7. The van der Waals surface area contributed by atoms with Crippen molar-refractivity contribution in [1.82, 2.24) is 0 Å². The van der Waals surface area contributed by atoms with E-state index in [-0.39, 0.29) is 11.9 Å². The fourth-order valence-electron chi connectivity index (χ4n) is 1.18. The lowest BCUT2D eigenvalue weighted by Crippen LogP contribution is -1.91. The second-order valence-electron chi connectivity index (χ2n) is 2.71. The summed E-state index contributed by atoms with van der Waals surface area (Å²) in [7, 11) is 1.57. The molecular formula is C9H9FO2. The third-order valence-corrected chi connectivity index (χ3v) is 1.87. The predicted molar refractivity (Wildman–Crippen MR) is 41.6 cm³/mol. The molecule has 0 bridgehead atoms. The number of hydrogen-bond donors (Lipinski definition) is 0. The van der Waals surface area contributed by atoms with Crippen LogP contribution in [0.15, 0.2) is 18.2 Å². The number of ether oxygens (including phenoxy) is 2. The maximum atomic E-state index is 12.8. The Labute approximate surface area is 69.9 Å². The van der Waals surface area contributed by atoms with E-state index in [9.17, 15) is 4.39 Å². The Balaban J connectivity index is 2.39. The van der Waals surface area contributed by atoms with Gasteiger partial charge in [0.1, 0.15) is 17.7 Å². The highest BCUT2D eigenvalue weighted by molar-refractivity contribution is 5.37. The highest BCUT2D eigenvalue weighted by Crippen LogP contribution is 2.36. The van der Waals surface area contributed by atoms with Crippen LogP contribution in [0.4, 0.5) is 4.39 Å². The molecule has 0 aliphatic carbocycles. The van der Waals surface area contributed by atoms with Crippen molar-refractivity contribution in [1.29, 1.82) is 0 Å². The molecule has 0 radical (unpaired) electrons. The summed E-state index contributed by atoms with van der Waals surface area (Å²) in [6, 6.07) is 4.45. The van der Waals surface area contributed by atoms with Gasteiger partial charge in [-0.1, -0.05) is 0 Å². The second kappa shape index (κ2) is 2.75. The predicted octanol–water partition coefficient (Wildman–Crippen LogP) is 1.91. The molecule has 2 nitrogen and oxygen atoms in total. The first-order valence-corrected chi connectivity index (χ1v) is 3.76. The van der Waals surface area contributed by atoms with E-state index in [1.807, 2.05) is 0 Å². The summed E-state index contributed by atoms with van der Waals surface area (Å²) in [6.45, 7) is 0.666. The van der Waals surface area contributed by atoms with Gasteiger partial charge in [0.15, 0.2) is 0 Å². The van der Waals surface area contributed by atoms with E-state index < -0.39 is 0 Å². The van der Waals surface area contributed by atoms with Crippen LogP contribution in [-0.4, -0.2) is 13.7 Å². The van der Waals surface area contributed by atoms with Crippen molar-refractivity contribution in [2.45, 2.75) is 6.10 Å². The zero-order valence-electron chi connectivity index (χ0n) is 6.71. The van der Waals surface area contributed by atoms with Gasteiger partial charge >= 0.3 is 0 Å². The molecular weight excluding hydrogens is 159 g/mol. The van der Waals surface area contributed by atoms with Crippen LogP contribution in [0.25, 0.3) is 0 Å². The van der Waals surface area contributed by atoms with E-state index in [0.717, 1.165) is 5.56 Å². The average molecular weight is 168 g/mol. The van der Waals surface area contributed by atoms with Gasteiger partial charge in [0, 0.05) is 5.56 Å². The van der Waals surface area contributed by atoms with Gasteiger partial charge in [-0.05, 0) is 18.2 Å². The van der Waals surface area contributed by atoms with E-state index in [1.165, 1.54) is 12.1 Å². The fourth-order valence-corrected chi connectivity index (χ4v) is 1.18. The number of halogens is 1. The van der Waals surface area contributed by atoms with Crippen LogP contribution < -0.4 is 4.74 Å². The molecule has 1 aliphatic heterocycles. The zero-order valence-corrected chi connectivity index (χ0v) is 6.71.